The minimum absolute atomic E-state index is 0.516. The summed E-state index contributed by atoms with van der Waals surface area (Å²) in [6.07, 6.45) is 4.98. The number of alkyl halides is 2. The van der Waals surface area contributed by atoms with E-state index in [1.54, 1.807) is 0 Å². The van der Waals surface area contributed by atoms with Crippen LogP contribution in [0.5, 0.6) is 0 Å². The third kappa shape index (κ3) is 3.55. The van der Waals surface area contributed by atoms with Gasteiger partial charge in [-0.15, -0.1) is 0 Å². The first kappa shape index (κ1) is 17.3. The molecule has 0 radical (unpaired) electrons. The predicted octanol–water partition coefficient (Wildman–Crippen LogP) is 2.61. The summed E-state index contributed by atoms with van der Waals surface area (Å²) in [6, 6.07) is 2.21. The smallest absolute Gasteiger partial charge is 0.230 e. The number of piperazine rings is 1. The number of hydrogen-bond donors (Lipinski definition) is 1. The molecule has 24 heavy (non-hydrogen) atoms. The molecule has 0 amide bonds. The molecular formula is C16H24I2N6. The zero-order valence-electron chi connectivity index (χ0n) is 13.8. The molecular weight excluding hydrogens is 530 g/mol. The van der Waals surface area contributed by atoms with E-state index in [-0.39, 0.29) is 0 Å². The monoisotopic (exact) mass is 554 g/mol. The average Bonchev–Trinajstić information content (AvgIpc) is 3.23. The van der Waals surface area contributed by atoms with E-state index in [2.05, 4.69) is 71.3 Å². The number of aromatic nitrogens is 2. The molecule has 0 spiro atoms. The summed E-state index contributed by atoms with van der Waals surface area (Å²) in [6.45, 7) is 6.30. The fourth-order valence-electron chi connectivity index (χ4n) is 3.68. The molecule has 4 rings (SSSR count). The highest BCUT2D eigenvalue weighted by atomic mass is 127. The molecule has 1 N–H and O–H groups in total. The second kappa shape index (κ2) is 7.65. The highest BCUT2D eigenvalue weighted by Gasteiger charge is 2.29. The number of anilines is 3. The molecule has 3 saturated heterocycles. The number of nitrogens with zero attached hydrogens (tertiary/aromatic N) is 5. The standard InChI is InChI=1S/C16H24I2N6/c17-12-3-1-7-23(12)15-11-14(22-9-5-19-6-10-22)20-16(21-15)24-8-2-4-13(24)18/h11-13,19H,1-10H2. The lowest BCUT2D eigenvalue weighted by molar-refractivity contribution is 0.584. The van der Waals surface area contributed by atoms with Crippen LogP contribution in [-0.4, -0.2) is 57.3 Å². The van der Waals surface area contributed by atoms with E-state index in [0.29, 0.717) is 8.10 Å². The molecule has 6 nitrogen and oxygen atoms in total. The number of halogens is 2. The van der Waals surface area contributed by atoms with Gasteiger partial charge in [-0.05, 0) is 25.7 Å². The van der Waals surface area contributed by atoms with Gasteiger partial charge in [-0.1, -0.05) is 45.2 Å². The molecule has 0 bridgehead atoms. The van der Waals surface area contributed by atoms with Crippen LogP contribution in [0.3, 0.4) is 0 Å². The summed E-state index contributed by atoms with van der Waals surface area (Å²) in [7, 11) is 0. The quantitative estimate of drug-likeness (QED) is 0.353. The Bertz CT molecular complexity index is 541. The molecule has 8 heteroatoms. The molecule has 3 fully saturated rings. The van der Waals surface area contributed by atoms with Gasteiger partial charge in [0.05, 0.1) is 8.10 Å². The van der Waals surface area contributed by atoms with Gasteiger partial charge in [-0.25, -0.2) is 0 Å². The zero-order chi connectivity index (χ0) is 16.5. The van der Waals surface area contributed by atoms with Gasteiger partial charge in [0.25, 0.3) is 0 Å². The first-order valence-electron chi connectivity index (χ1n) is 8.88. The minimum atomic E-state index is 0.516. The van der Waals surface area contributed by atoms with Crippen LogP contribution in [-0.2, 0) is 0 Å². The van der Waals surface area contributed by atoms with Gasteiger partial charge < -0.3 is 20.0 Å². The Morgan fingerprint density at radius 1 is 0.875 bits per heavy atom. The number of nitrogens with one attached hydrogen (secondary N) is 1. The molecule has 3 aliphatic rings. The van der Waals surface area contributed by atoms with Crippen molar-refractivity contribution in [1.29, 1.82) is 0 Å². The van der Waals surface area contributed by atoms with Crippen LogP contribution in [0.25, 0.3) is 0 Å². The summed E-state index contributed by atoms with van der Waals surface area (Å²) < 4.78 is 1.07. The van der Waals surface area contributed by atoms with Crippen molar-refractivity contribution >= 4 is 62.8 Å². The Hall–Kier alpha value is -0.100. The third-order valence-corrected chi connectivity index (χ3v) is 7.63. The van der Waals surface area contributed by atoms with Crippen LogP contribution >= 0.6 is 45.2 Å². The average molecular weight is 554 g/mol. The van der Waals surface area contributed by atoms with Crippen LogP contribution in [0.1, 0.15) is 25.7 Å². The first-order valence-corrected chi connectivity index (χ1v) is 11.4. The highest BCUT2D eigenvalue weighted by Crippen LogP contribution is 2.34. The molecule has 132 valence electrons. The summed E-state index contributed by atoms with van der Waals surface area (Å²) in [4.78, 5) is 17.2. The third-order valence-electron chi connectivity index (χ3n) is 5.04. The predicted molar refractivity (Wildman–Crippen MR) is 116 cm³/mol. The Labute approximate surface area is 171 Å². The Balaban J connectivity index is 1.69. The minimum Gasteiger partial charge on any atom is -0.354 e. The first-order chi connectivity index (χ1) is 11.7. The Morgan fingerprint density at radius 2 is 1.50 bits per heavy atom. The molecule has 2 unspecified atom stereocenters. The van der Waals surface area contributed by atoms with Gasteiger partial charge in [-0.2, -0.15) is 9.97 Å². The van der Waals surface area contributed by atoms with Crippen molar-refractivity contribution < 1.29 is 0 Å². The molecule has 4 heterocycles. The van der Waals surface area contributed by atoms with E-state index in [0.717, 1.165) is 56.9 Å². The lowest BCUT2D eigenvalue weighted by atomic mass is 10.3. The van der Waals surface area contributed by atoms with Gasteiger partial charge in [0.2, 0.25) is 5.95 Å². The van der Waals surface area contributed by atoms with Crippen LogP contribution in [0, 0.1) is 0 Å². The van der Waals surface area contributed by atoms with Crippen molar-refractivity contribution in [1.82, 2.24) is 15.3 Å². The maximum absolute atomic E-state index is 4.98. The van der Waals surface area contributed by atoms with E-state index in [1.165, 1.54) is 25.7 Å². The van der Waals surface area contributed by atoms with E-state index in [9.17, 15) is 0 Å². The van der Waals surface area contributed by atoms with Crippen molar-refractivity contribution in [2.45, 2.75) is 33.8 Å². The van der Waals surface area contributed by atoms with Gasteiger partial charge >= 0.3 is 0 Å². The van der Waals surface area contributed by atoms with Crippen LogP contribution in [0.2, 0.25) is 0 Å². The zero-order valence-corrected chi connectivity index (χ0v) is 18.1. The lowest BCUT2D eigenvalue weighted by Crippen LogP contribution is -2.44. The molecule has 0 aliphatic carbocycles. The van der Waals surface area contributed by atoms with Crippen molar-refractivity contribution in [3.63, 3.8) is 0 Å². The Morgan fingerprint density at radius 3 is 2.12 bits per heavy atom. The molecule has 3 aliphatic heterocycles. The highest BCUT2D eigenvalue weighted by molar-refractivity contribution is 14.1. The molecule has 1 aromatic heterocycles. The number of hydrogen-bond acceptors (Lipinski definition) is 6. The fourth-order valence-corrected chi connectivity index (χ4v) is 5.65. The largest absolute Gasteiger partial charge is 0.354 e. The van der Waals surface area contributed by atoms with Gasteiger partial charge in [0, 0.05) is 45.3 Å². The van der Waals surface area contributed by atoms with E-state index in [4.69, 9.17) is 9.97 Å². The molecule has 2 atom stereocenters. The van der Waals surface area contributed by atoms with Crippen molar-refractivity contribution in [2.75, 3.05) is 54.0 Å². The van der Waals surface area contributed by atoms with Crippen LogP contribution < -0.4 is 20.0 Å². The van der Waals surface area contributed by atoms with E-state index < -0.39 is 0 Å². The lowest BCUT2D eigenvalue weighted by Gasteiger charge is -2.31. The van der Waals surface area contributed by atoms with E-state index in [1.807, 2.05) is 0 Å². The van der Waals surface area contributed by atoms with Crippen molar-refractivity contribution in [3.05, 3.63) is 6.07 Å². The normalized spacial score (nSPS) is 28.0. The second-order valence-corrected chi connectivity index (χ2v) is 9.54. The van der Waals surface area contributed by atoms with Crippen LogP contribution in [0.4, 0.5) is 17.6 Å². The van der Waals surface area contributed by atoms with Gasteiger partial charge in [0.1, 0.15) is 11.6 Å². The summed E-state index contributed by atoms with van der Waals surface area (Å²) >= 11 is 5.09. The molecule has 0 saturated carbocycles. The maximum Gasteiger partial charge on any atom is 0.230 e. The fraction of sp³-hybridized carbons (Fsp3) is 0.750. The molecule has 1 aromatic rings. The van der Waals surface area contributed by atoms with E-state index >= 15 is 0 Å². The summed E-state index contributed by atoms with van der Waals surface area (Å²) in [5, 5.41) is 3.43. The van der Waals surface area contributed by atoms with Crippen LogP contribution in [0.15, 0.2) is 6.07 Å². The Kier molecular flexibility index (Phi) is 5.52. The summed E-state index contributed by atoms with van der Waals surface area (Å²) in [5.41, 5.74) is 0. The van der Waals surface area contributed by atoms with Gasteiger partial charge in [0.15, 0.2) is 0 Å². The molecule has 0 aromatic carbocycles. The topological polar surface area (TPSA) is 47.5 Å². The van der Waals surface area contributed by atoms with Crippen molar-refractivity contribution in [2.24, 2.45) is 0 Å². The summed E-state index contributed by atoms with van der Waals surface area (Å²) in [5.74, 6) is 3.14. The van der Waals surface area contributed by atoms with Crippen molar-refractivity contribution in [3.8, 4) is 0 Å². The maximum atomic E-state index is 4.98. The SMILES string of the molecule is IC1CCCN1c1cc(N2CCNCC2)nc(N2CCCC2I)n1. The second-order valence-electron chi connectivity index (χ2n) is 6.66. The van der Waals surface area contributed by atoms with Gasteiger partial charge in [-0.3, -0.25) is 0 Å². The number of rotatable bonds is 3.